The van der Waals surface area contributed by atoms with Crippen LogP contribution in [0.5, 0.6) is 0 Å². The Kier molecular flexibility index (Phi) is 3.33. The first kappa shape index (κ1) is 11.7. The molecule has 0 aromatic heterocycles. The summed E-state index contributed by atoms with van der Waals surface area (Å²) in [5.74, 6) is 0. The zero-order chi connectivity index (χ0) is 10.8. The second kappa shape index (κ2) is 3.99. The number of halogens is 1. The van der Waals surface area contributed by atoms with Crippen molar-refractivity contribution in [2.45, 2.75) is 57.1 Å². The predicted octanol–water partition coefficient (Wildman–Crippen LogP) is 3.01. The lowest BCUT2D eigenvalue weighted by molar-refractivity contribution is -0.00129. The normalized spacial score (nSPS) is 33.8. The average molecular weight is 215 g/mol. The summed E-state index contributed by atoms with van der Waals surface area (Å²) in [6.07, 6.45) is 1.69. The first-order valence-corrected chi connectivity index (χ1v) is 8.56. The van der Waals surface area contributed by atoms with Gasteiger partial charge in [-0.25, -0.2) is 4.39 Å². The van der Waals surface area contributed by atoms with E-state index < -0.39 is 20.1 Å². The van der Waals surface area contributed by atoms with Gasteiger partial charge in [0.15, 0.2) is 13.9 Å². The molecular weight excluding hydrogens is 197 g/mol. The Labute approximate surface area is 86.2 Å². The fourth-order valence-electron chi connectivity index (χ4n) is 1.91. The number of nitrogens with zero attached hydrogens (tertiary/aromatic N) is 1. The number of alkyl halides is 1. The first-order valence-electron chi connectivity index (χ1n) is 5.15. The van der Waals surface area contributed by atoms with Crippen molar-refractivity contribution in [2.24, 2.45) is 0 Å². The van der Waals surface area contributed by atoms with Crippen LogP contribution in [0.15, 0.2) is 0 Å². The Morgan fingerprint density at radius 2 is 2.07 bits per heavy atom. The minimum absolute atomic E-state index is 0.470. The minimum atomic E-state index is -1.84. The zero-order valence-corrected chi connectivity index (χ0v) is 10.1. The van der Waals surface area contributed by atoms with Gasteiger partial charge in [-0.1, -0.05) is 6.42 Å². The van der Waals surface area contributed by atoms with Crippen LogP contribution in [0.2, 0.25) is 19.6 Å². The fourth-order valence-corrected chi connectivity index (χ4v) is 3.28. The van der Waals surface area contributed by atoms with Crippen molar-refractivity contribution in [1.29, 1.82) is 5.26 Å². The summed E-state index contributed by atoms with van der Waals surface area (Å²) in [6.45, 7) is 5.98. The van der Waals surface area contributed by atoms with Gasteiger partial charge in [0.05, 0.1) is 6.07 Å². The van der Waals surface area contributed by atoms with Crippen LogP contribution in [0, 0.1) is 11.3 Å². The summed E-state index contributed by atoms with van der Waals surface area (Å²) in [5.41, 5.74) is -1.14. The van der Waals surface area contributed by atoms with Crippen molar-refractivity contribution >= 4 is 8.32 Å². The highest BCUT2D eigenvalue weighted by molar-refractivity contribution is 6.69. The summed E-state index contributed by atoms with van der Waals surface area (Å²) < 4.78 is 19.4. The molecule has 1 aliphatic rings. The summed E-state index contributed by atoms with van der Waals surface area (Å²) in [7, 11) is -1.84. The van der Waals surface area contributed by atoms with Crippen LogP contribution in [-0.4, -0.2) is 20.1 Å². The molecule has 0 aromatic rings. The van der Waals surface area contributed by atoms with E-state index in [-0.39, 0.29) is 0 Å². The molecule has 0 N–H and O–H groups in total. The van der Waals surface area contributed by atoms with Crippen molar-refractivity contribution in [2.75, 3.05) is 0 Å². The molecule has 0 spiro atoms. The molecule has 0 unspecified atom stereocenters. The molecule has 0 aromatic carbocycles. The first-order chi connectivity index (χ1) is 6.40. The van der Waals surface area contributed by atoms with Crippen LogP contribution in [0.3, 0.4) is 0 Å². The van der Waals surface area contributed by atoms with Crippen LogP contribution in [0.4, 0.5) is 4.39 Å². The van der Waals surface area contributed by atoms with Crippen molar-refractivity contribution in [3.8, 4) is 6.07 Å². The number of hydrogen-bond acceptors (Lipinski definition) is 2. The number of hydrogen-bond donors (Lipinski definition) is 0. The summed E-state index contributed by atoms with van der Waals surface area (Å²) in [4.78, 5) is 0. The lowest BCUT2D eigenvalue weighted by atomic mass is 9.84. The molecule has 2 nitrogen and oxygen atoms in total. The standard InChI is InChI=1S/C10H18FNOSi/c1-14(2,3)13-10(8-12)7-5-4-6-9(10)11/h9H,4-7H2,1-3H3/t9-,10-/m1/s1. The molecule has 0 aliphatic heterocycles. The van der Waals surface area contributed by atoms with Crippen LogP contribution in [0.25, 0.3) is 0 Å². The van der Waals surface area contributed by atoms with Gasteiger partial charge in [0, 0.05) is 0 Å². The Morgan fingerprint density at radius 1 is 1.43 bits per heavy atom. The molecule has 0 amide bonds. The maximum absolute atomic E-state index is 13.7. The monoisotopic (exact) mass is 215 g/mol. The summed E-state index contributed by atoms with van der Waals surface area (Å²) >= 11 is 0. The smallest absolute Gasteiger partial charge is 0.186 e. The van der Waals surface area contributed by atoms with Gasteiger partial charge in [0.2, 0.25) is 0 Å². The third-order valence-electron chi connectivity index (χ3n) is 2.44. The fraction of sp³-hybridized carbons (Fsp3) is 0.900. The largest absolute Gasteiger partial charge is 0.398 e. The Hall–Kier alpha value is -0.403. The summed E-state index contributed by atoms with van der Waals surface area (Å²) in [6, 6.07) is 2.06. The highest BCUT2D eigenvalue weighted by Crippen LogP contribution is 2.35. The molecule has 1 rings (SSSR count). The lowest BCUT2D eigenvalue weighted by Crippen LogP contribution is -2.50. The maximum atomic E-state index is 13.7. The van der Waals surface area contributed by atoms with Crippen LogP contribution in [0.1, 0.15) is 25.7 Å². The van der Waals surface area contributed by atoms with Gasteiger partial charge in [-0.2, -0.15) is 5.26 Å². The molecule has 80 valence electrons. The molecular formula is C10H18FNOSi. The van der Waals surface area contributed by atoms with E-state index in [9.17, 15) is 4.39 Å². The Bertz CT molecular complexity index is 245. The molecule has 2 atom stereocenters. The van der Waals surface area contributed by atoms with Crippen LogP contribution in [-0.2, 0) is 4.43 Å². The number of nitriles is 1. The highest BCUT2D eigenvalue weighted by Gasteiger charge is 2.45. The molecule has 1 saturated carbocycles. The van der Waals surface area contributed by atoms with Crippen molar-refractivity contribution in [3.05, 3.63) is 0 Å². The van der Waals surface area contributed by atoms with E-state index in [2.05, 4.69) is 6.07 Å². The molecule has 4 heteroatoms. The predicted molar refractivity (Wildman–Crippen MR) is 56.1 cm³/mol. The topological polar surface area (TPSA) is 33.0 Å². The van der Waals surface area contributed by atoms with Gasteiger partial charge in [0.1, 0.15) is 6.17 Å². The van der Waals surface area contributed by atoms with E-state index >= 15 is 0 Å². The molecule has 0 saturated heterocycles. The van der Waals surface area contributed by atoms with E-state index in [4.69, 9.17) is 9.69 Å². The second-order valence-corrected chi connectivity index (χ2v) is 9.36. The summed E-state index contributed by atoms with van der Waals surface area (Å²) in [5, 5.41) is 9.08. The molecule has 0 heterocycles. The maximum Gasteiger partial charge on any atom is 0.186 e. The molecule has 14 heavy (non-hydrogen) atoms. The van der Waals surface area contributed by atoms with E-state index in [1.54, 1.807) is 0 Å². The van der Waals surface area contributed by atoms with Gasteiger partial charge in [-0.3, -0.25) is 0 Å². The van der Waals surface area contributed by atoms with Crippen molar-refractivity contribution < 1.29 is 8.82 Å². The van der Waals surface area contributed by atoms with E-state index in [1.807, 2.05) is 19.6 Å². The third-order valence-corrected chi connectivity index (χ3v) is 3.42. The zero-order valence-electron chi connectivity index (χ0n) is 9.14. The van der Waals surface area contributed by atoms with Gasteiger partial charge >= 0.3 is 0 Å². The van der Waals surface area contributed by atoms with Gasteiger partial charge < -0.3 is 4.43 Å². The number of rotatable bonds is 2. The van der Waals surface area contributed by atoms with E-state index in [1.165, 1.54) is 0 Å². The highest BCUT2D eigenvalue weighted by atomic mass is 28.4. The van der Waals surface area contributed by atoms with Crippen molar-refractivity contribution in [3.63, 3.8) is 0 Å². The van der Waals surface area contributed by atoms with Gasteiger partial charge in [-0.15, -0.1) is 0 Å². The molecule has 1 aliphatic carbocycles. The SMILES string of the molecule is C[Si](C)(C)O[C@@]1(C#N)CCCC[C@H]1F. The molecule has 0 radical (unpaired) electrons. The quantitative estimate of drug-likeness (QED) is 0.663. The van der Waals surface area contributed by atoms with Gasteiger partial charge in [-0.05, 0) is 38.9 Å². The third kappa shape index (κ3) is 2.55. The molecule has 0 bridgehead atoms. The molecule has 1 fully saturated rings. The average Bonchev–Trinajstić information content (AvgIpc) is 2.07. The minimum Gasteiger partial charge on any atom is -0.398 e. The van der Waals surface area contributed by atoms with E-state index in [0.717, 1.165) is 12.8 Å². The van der Waals surface area contributed by atoms with Crippen LogP contribution < -0.4 is 0 Å². The van der Waals surface area contributed by atoms with E-state index in [0.29, 0.717) is 12.8 Å². The lowest BCUT2D eigenvalue weighted by Gasteiger charge is -2.38. The van der Waals surface area contributed by atoms with Crippen LogP contribution >= 0.6 is 0 Å². The second-order valence-electron chi connectivity index (χ2n) is 4.93. The van der Waals surface area contributed by atoms with Crippen molar-refractivity contribution in [1.82, 2.24) is 0 Å². The Morgan fingerprint density at radius 3 is 2.50 bits per heavy atom. The van der Waals surface area contributed by atoms with Gasteiger partial charge in [0.25, 0.3) is 0 Å². The Balaban J connectivity index is 2.80.